The number of alkyl halides is 1. The summed E-state index contributed by atoms with van der Waals surface area (Å²) < 4.78 is 0. The molecule has 0 aliphatic heterocycles. The molecule has 0 aromatic heterocycles. The quantitative estimate of drug-likeness (QED) is 0.505. The highest BCUT2D eigenvalue weighted by Gasteiger charge is 2.10. The van der Waals surface area contributed by atoms with E-state index >= 15 is 0 Å². The maximum absolute atomic E-state index is 8.32. The average molecular weight is 211 g/mol. The molecule has 0 radical (unpaired) electrons. The molecule has 2 N–H and O–H groups in total. The molecule has 0 rings (SSSR count). The molecule has 0 saturated carbocycles. The summed E-state index contributed by atoms with van der Waals surface area (Å²) in [5.41, 5.74) is 4.99. The third-order valence-corrected chi connectivity index (χ3v) is 1.60. The number of nitrogens with zero attached hydrogens (tertiary/aromatic N) is 3. The molecular formula is C6H3BrN4. The van der Waals surface area contributed by atoms with Gasteiger partial charge in [-0.05, 0) is 0 Å². The lowest BCUT2D eigenvalue weighted by Gasteiger charge is -1.97. The fourth-order valence-electron chi connectivity index (χ4n) is 0.350. The van der Waals surface area contributed by atoms with Crippen molar-refractivity contribution >= 4 is 15.9 Å². The lowest BCUT2D eigenvalue weighted by atomic mass is 10.2. The summed E-state index contributed by atoms with van der Waals surface area (Å²) in [4.78, 5) is -0.767. The Labute approximate surface area is 72.3 Å². The van der Waals surface area contributed by atoms with Gasteiger partial charge in [-0.15, -0.1) is 0 Å². The summed E-state index contributed by atoms with van der Waals surface area (Å²) in [7, 11) is 0. The second kappa shape index (κ2) is 4.33. The van der Waals surface area contributed by atoms with Crippen LogP contribution in [-0.4, -0.2) is 4.83 Å². The van der Waals surface area contributed by atoms with Gasteiger partial charge >= 0.3 is 0 Å². The third kappa shape index (κ3) is 2.29. The molecule has 0 aliphatic carbocycles. The molecular weight excluding hydrogens is 208 g/mol. The van der Waals surface area contributed by atoms with Crippen LogP contribution in [0.15, 0.2) is 11.3 Å². The average Bonchev–Trinajstić information content (AvgIpc) is 2.05. The molecule has 11 heavy (non-hydrogen) atoms. The Morgan fingerprint density at radius 3 is 2.00 bits per heavy atom. The third-order valence-electron chi connectivity index (χ3n) is 0.899. The first-order valence-corrected chi connectivity index (χ1v) is 3.42. The minimum atomic E-state index is -0.767. The minimum absolute atomic E-state index is 0.0440. The van der Waals surface area contributed by atoms with Crippen LogP contribution < -0.4 is 5.73 Å². The van der Waals surface area contributed by atoms with Crippen molar-refractivity contribution in [2.75, 3.05) is 0 Å². The highest BCUT2D eigenvalue weighted by Crippen LogP contribution is 2.09. The number of nitriles is 3. The summed E-state index contributed by atoms with van der Waals surface area (Å²) in [5.74, 6) is 0. The normalized spacial score (nSPS) is 10.0. The van der Waals surface area contributed by atoms with Gasteiger partial charge in [0.1, 0.15) is 17.0 Å². The van der Waals surface area contributed by atoms with E-state index in [1.165, 1.54) is 0 Å². The number of hydrogen-bond donors (Lipinski definition) is 1. The molecule has 0 heterocycles. The van der Waals surface area contributed by atoms with Gasteiger partial charge in [0.05, 0.1) is 11.8 Å². The maximum Gasteiger partial charge on any atom is 0.150 e. The molecule has 1 atom stereocenters. The van der Waals surface area contributed by atoms with Gasteiger partial charge in [0.15, 0.2) is 5.57 Å². The molecule has 0 aromatic rings. The predicted molar refractivity (Wildman–Crippen MR) is 40.8 cm³/mol. The molecule has 4 nitrogen and oxygen atoms in total. The Morgan fingerprint density at radius 1 is 1.27 bits per heavy atom. The lowest BCUT2D eigenvalue weighted by molar-refractivity contribution is 1.18. The van der Waals surface area contributed by atoms with Crippen molar-refractivity contribution in [2.45, 2.75) is 4.83 Å². The zero-order chi connectivity index (χ0) is 8.85. The Kier molecular flexibility index (Phi) is 3.73. The van der Waals surface area contributed by atoms with E-state index in [2.05, 4.69) is 15.9 Å². The Morgan fingerprint density at radius 2 is 1.73 bits per heavy atom. The van der Waals surface area contributed by atoms with Crippen molar-refractivity contribution in [3.63, 3.8) is 0 Å². The van der Waals surface area contributed by atoms with Gasteiger partial charge in [0, 0.05) is 0 Å². The number of hydrogen-bond acceptors (Lipinski definition) is 4. The molecule has 1 unspecified atom stereocenters. The van der Waals surface area contributed by atoms with E-state index in [9.17, 15) is 0 Å². The largest absolute Gasteiger partial charge is 0.399 e. The Hall–Kier alpha value is -1.51. The number of nitrogens with two attached hydrogens (primary N) is 1. The Bertz CT molecular complexity index is 282. The van der Waals surface area contributed by atoms with Crippen LogP contribution in [0, 0.1) is 34.0 Å². The van der Waals surface area contributed by atoms with E-state index in [0.29, 0.717) is 0 Å². The minimum Gasteiger partial charge on any atom is -0.399 e. The molecule has 0 bridgehead atoms. The molecule has 5 heteroatoms. The molecule has 0 fully saturated rings. The summed E-state index contributed by atoms with van der Waals surface area (Å²) >= 11 is 2.88. The van der Waals surface area contributed by atoms with Crippen LogP contribution in [-0.2, 0) is 0 Å². The second-order valence-electron chi connectivity index (χ2n) is 1.55. The van der Waals surface area contributed by atoms with Crippen LogP contribution in [0.5, 0.6) is 0 Å². The molecule has 0 spiro atoms. The fraction of sp³-hybridized carbons (Fsp3) is 0.167. The zero-order valence-corrected chi connectivity index (χ0v) is 6.96. The van der Waals surface area contributed by atoms with E-state index in [0.717, 1.165) is 0 Å². The maximum atomic E-state index is 8.32. The van der Waals surface area contributed by atoms with Crippen LogP contribution in [0.2, 0.25) is 0 Å². The van der Waals surface area contributed by atoms with Crippen LogP contribution in [0.25, 0.3) is 0 Å². The van der Waals surface area contributed by atoms with Gasteiger partial charge in [0.25, 0.3) is 0 Å². The number of halogens is 1. The lowest BCUT2D eigenvalue weighted by Crippen LogP contribution is -2.11. The number of rotatable bonds is 1. The monoisotopic (exact) mass is 210 g/mol. The number of allylic oxidation sites excluding steroid dienone is 2. The fourth-order valence-corrected chi connectivity index (χ4v) is 0.579. The van der Waals surface area contributed by atoms with Crippen molar-refractivity contribution in [3.05, 3.63) is 11.3 Å². The topological polar surface area (TPSA) is 97.4 Å². The van der Waals surface area contributed by atoms with Crippen LogP contribution in [0.3, 0.4) is 0 Å². The first-order valence-electron chi connectivity index (χ1n) is 2.51. The van der Waals surface area contributed by atoms with Gasteiger partial charge in [-0.3, -0.25) is 0 Å². The molecule has 54 valence electrons. The van der Waals surface area contributed by atoms with Gasteiger partial charge in [-0.1, -0.05) is 15.9 Å². The van der Waals surface area contributed by atoms with E-state index in [-0.39, 0.29) is 11.3 Å². The smallest absolute Gasteiger partial charge is 0.150 e. The van der Waals surface area contributed by atoms with E-state index < -0.39 is 4.83 Å². The van der Waals surface area contributed by atoms with Crippen molar-refractivity contribution in [1.82, 2.24) is 0 Å². The Balaban J connectivity index is 4.87. The molecule has 0 aromatic carbocycles. The van der Waals surface area contributed by atoms with Gasteiger partial charge in [-0.25, -0.2) is 0 Å². The van der Waals surface area contributed by atoms with Crippen molar-refractivity contribution < 1.29 is 0 Å². The van der Waals surface area contributed by atoms with Crippen LogP contribution in [0.4, 0.5) is 0 Å². The molecule has 0 aliphatic rings. The summed E-state index contributed by atoms with van der Waals surface area (Å²) in [5, 5.41) is 24.9. The summed E-state index contributed by atoms with van der Waals surface area (Å²) in [6.45, 7) is 0. The zero-order valence-electron chi connectivity index (χ0n) is 5.37. The van der Waals surface area contributed by atoms with E-state index in [4.69, 9.17) is 21.5 Å². The predicted octanol–water partition coefficient (Wildman–Crippen LogP) is 0.533. The highest BCUT2D eigenvalue weighted by atomic mass is 79.9. The van der Waals surface area contributed by atoms with Gasteiger partial charge in [-0.2, -0.15) is 15.8 Å². The summed E-state index contributed by atoms with van der Waals surface area (Å²) in [6.07, 6.45) is 0. The molecule has 0 amide bonds. The van der Waals surface area contributed by atoms with Crippen molar-refractivity contribution in [3.8, 4) is 18.2 Å². The standard InChI is InChI=1S/C6H3BrN4/c7-5(3-10)6(11)4(1-8)2-9/h5H,11H2. The van der Waals surface area contributed by atoms with Crippen LogP contribution in [0.1, 0.15) is 0 Å². The van der Waals surface area contributed by atoms with Crippen LogP contribution >= 0.6 is 15.9 Å². The van der Waals surface area contributed by atoms with Gasteiger partial charge in [0.2, 0.25) is 0 Å². The van der Waals surface area contributed by atoms with Gasteiger partial charge < -0.3 is 5.73 Å². The first kappa shape index (κ1) is 9.49. The molecule has 0 saturated heterocycles. The SMILES string of the molecule is N#CC(C#N)=C(N)C(Br)C#N. The van der Waals surface area contributed by atoms with Crippen molar-refractivity contribution in [1.29, 1.82) is 15.8 Å². The van der Waals surface area contributed by atoms with Crippen molar-refractivity contribution in [2.24, 2.45) is 5.73 Å². The highest BCUT2D eigenvalue weighted by molar-refractivity contribution is 9.09. The second-order valence-corrected chi connectivity index (χ2v) is 2.46. The first-order chi connectivity index (χ1) is 5.17. The van der Waals surface area contributed by atoms with E-state index in [1.54, 1.807) is 18.2 Å². The van der Waals surface area contributed by atoms with E-state index in [1.807, 2.05) is 0 Å². The summed E-state index contributed by atoms with van der Waals surface area (Å²) in [6, 6.07) is 4.90.